The molecule has 0 nitrogen and oxygen atoms in total. The van der Waals surface area contributed by atoms with Gasteiger partial charge in [0.25, 0.3) is 0 Å². The van der Waals surface area contributed by atoms with E-state index >= 15 is 0 Å². The summed E-state index contributed by atoms with van der Waals surface area (Å²) in [5.74, 6) is 0. The van der Waals surface area contributed by atoms with Crippen molar-refractivity contribution in [1.82, 2.24) is 0 Å². The number of fused-ring (bicyclic) bond motifs is 18. The molecule has 0 amide bonds. The Morgan fingerprint density at radius 2 is 0.288 bits per heavy atom. The first-order valence-corrected chi connectivity index (χ1v) is 39.0. The first-order chi connectivity index (χ1) is 100. The number of hydrogen-bond donors (Lipinski definition) is 0. The molecule has 0 N–H and O–H groups in total. The summed E-state index contributed by atoms with van der Waals surface area (Å²) in [6, 6.07) is -80.0. The van der Waals surface area contributed by atoms with E-state index in [1.165, 1.54) is 0 Å². The van der Waals surface area contributed by atoms with Crippen molar-refractivity contribution >= 4 is 162 Å². The molecule has 0 saturated heterocycles. The summed E-state index contributed by atoms with van der Waals surface area (Å²) in [6.45, 7) is 0. The Balaban J connectivity index is 0.000000154. The fraction of sp³-hybridized carbons (Fsp3) is 0. The van der Waals surface area contributed by atoms with Crippen LogP contribution in [0.3, 0.4) is 0 Å². The Labute approximate surface area is 883 Å². The topological polar surface area (TPSA) is 0 Å². The van der Waals surface area contributed by atoms with E-state index in [-0.39, 0.29) is 0 Å². The molecule has 0 spiro atoms. The maximum Gasteiger partial charge on any atom is 0.0636 e. The zero-order chi connectivity index (χ0) is 160. The van der Waals surface area contributed by atoms with E-state index in [1.807, 2.05) is 0 Å². The molecule has 0 atom stereocenters. The highest BCUT2D eigenvalue weighted by Crippen LogP contribution is 2.51. The molecule has 132 heavy (non-hydrogen) atoms. The second-order valence-corrected chi connectivity index (χ2v) is 28.5. The van der Waals surface area contributed by atoms with E-state index in [0.717, 1.165) is 0 Å². The van der Waals surface area contributed by atoms with Crippen LogP contribution in [0.4, 0.5) is 0 Å². The second kappa shape index (κ2) is 32.6. The molecule has 0 bridgehead atoms. The SMILES string of the molecule is [2H]c1c([2H])c([2H])c(-c2c3c([2H])c([2H])c([2H])c([2H])c3c(-c3c([2H])c([2H])c4c(c3[2H])c([2H])c([2H])c3c([2H])c([2H])c([2H])c([2H])c34)c3c([2H])c(-c4c([2H])c([2H])c([2H])c5c([2H])c([2H])c([2H])c([2H])c45)c([2H])c([2H])c23)c([2H])c1[2H].[2H]c1c([2H])c([2H])c(-c2c3c([2H])c([2H])c([2H])c([2H])c3c(-c3c([2H])c([2H])c4c(c3[2H])c([2H])c([2H])c3c([2H])c([2H])c([2H])c([2H])c34)c3c([2H])c(-c4c([2H])c([2H])c5c([2H])c([2H])c([2H])c([2H])c5c4[2H])c([2H])c([2H])c23)c([2H])c1[2H].[2H]c1c([2H])c([2H])c(-c2c3c([2H])c([2H])c([2H])c([2H])c3c(-c3c([2H])c([2H])c4c(c3[2H])c([2H])c([2H])c3c([2H])c([2H])c([2H])c([2H])c34)c3c([2H])c([2H])c(-c4c([2H])c([2H])c5c([2H])c([2H])c([2H])c([2H])c5c4[2H])c([2H])c23)c([2H])c1[2H]. The van der Waals surface area contributed by atoms with E-state index in [1.54, 1.807) is 0 Å². The van der Waals surface area contributed by atoms with E-state index < -0.39 is 769 Å². The Hall–Kier alpha value is -17.2. The monoisotopic (exact) mass is 1750 g/mol. The van der Waals surface area contributed by atoms with E-state index in [0.29, 0.717) is 0 Å². The van der Waals surface area contributed by atoms with Gasteiger partial charge in [-0.2, -0.15) is 0 Å². The molecule has 0 unspecified atom stereocenters. The first-order valence-electron chi connectivity index (χ1n) is 81.0. The van der Waals surface area contributed by atoms with Gasteiger partial charge in [0, 0.05) is 0 Å². The minimum absolute atomic E-state index is 0.525. The summed E-state index contributed by atoms with van der Waals surface area (Å²) >= 11 is 0. The van der Waals surface area contributed by atoms with Crippen molar-refractivity contribution in [2.45, 2.75) is 0 Å². The molecule has 0 aliphatic carbocycles. The third-order valence-electron chi connectivity index (χ3n) is 21.2. The number of hydrogen-bond acceptors (Lipinski definition) is 0. The van der Waals surface area contributed by atoms with Gasteiger partial charge in [-0.1, -0.05) is 459 Å². The van der Waals surface area contributed by atoms with Crippen molar-refractivity contribution in [2.75, 3.05) is 0 Å². The maximum absolute atomic E-state index is 10.1. The van der Waals surface area contributed by atoms with Gasteiger partial charge in [-0.05, 0) is 310 Å². The standard InChI is InChI=1S/3C44H28/c1-2-13-31(14-3-1)43-39-18-8-9-19-40(39)44(34-24-25-38-32(27-34)22-21-30-12-5-7-17-36(30)38)42-28-33(23-26-41(42)43)37-20-10-15-29-11-4-6-16-35(29)37;1-2-12-31(13-3-1)43-39-16-8-9-17-40(39)44(36-23-24-38-35(27-36)21-19-30-11-6-7-15-37(30)38)41-25-22-34(28-42(41)43)33-20-18-29-10-4-5-14-32(29)26-33;1-2-12-31(13-3-1)43-39-16-8-9-17-40(39)44(36-23-24-38-35(27-36)21-19-30-11-6-7-15-37(30)38)42-28-34(22-25-41(42)43)33-20-18-29-10-4-5-14-32(29)26-33/h3*1-28H/i3*1D,2D,3D,4D,5D,6D,7D,8D,9D,10D,11D,12D,13D,14D,15D,16D,17D,18D,19D,20D,21D,22D,23D,24D,25D,26D,27D,28D. The van der Waals surface area contributed by atoms with E-state index in [4.69, 9.17) is 78.1 Å². The normalized spacial score (nSPS) is 20.5. The van der Waals surface area contributed by atoms with Crippen LogP contribution in [0.25, 0.3) is 262 Å². The van der Waals surface area contributed by atoms with Crippen molar-refractivity contribution in [1.29, 1.82) is 0 Å². The molecule has 0 aliphatic heterocycles. The van der Waals surface area contributed by atoms with Crippen LogP contribution < -0.4 is 0 Å². The molecule has 0 aliphatic rings. The lowest BCUT2D eigenvalue weighted by Gasteiger charge is -2.19. The summed E-state index contributed by atoms with van der Waals surface area (Å²) in [6.07, 6.45) is 0. The molecule has 612 valence electrons. The molecule has 27 rings (SSSR count). The van der Waals surface area contributed by atoms with Crippen molar-refractivity contribution in [3.8, 4) is 100 Å². The zero-order valence-corrected chi connectivity index (χ0v) is 66.0. The molecular formula is C132H84. The van der Waals surface area contributed by atoms with Crippen LogP contribution in [0, 0.1) is 0 Å². The van der Waals surface area contributed by atoms with Gasteiger partial charge in [-0.15, -0.1) is 0 Å². The van der Waals surface area contributed by atoms with Gasteiger partial charge in [0.05, 0.1) is 115 Å². The Bertz CT molecular complexity index is 14800. The highest BCUT2D eigenvalue weighted by molar-refractivity contribution is 6.27. The van der Waals surface area contributed by atoms with Crippen LogP contribution in [0.1, 0.15) is 115 Å². The van der Waals surface area contributed by atoms with Gasteiger partial charge < -0.3 is 0 Å². The Morgan fingerprint density at radius 1 is 0.0909 bits per heavy atom. The van der Waals surface area contributed by atoms with Gasteiger partial charge in [-0.3, -0.25) is 0 Å². The molecule has 0 heterocycles. The van der Waals surface area contributed by atoms with Crippen LogP contribution >= 0.6 is 0 Å². The summed E-state index contributed by atoms with van der Waals surface area (Å²) in [5, 5.41) is -20.5. The molecular weight excluding hydrogens is 1590 g/mol. The molecule has 27 aromatic rings. The third-order valence-corrected chi connectivity index (χ3v) is 21.2. The van der Waals surface area contributed by atoms with Crippen molar-refractivity contribution in [2.24, 2.45) is 0 Å². The summed E-state index contributed by atoms with van der Waals surface area (Å²) in [7, 11) is 0. The lowest BCUT2D eigenvalue weighted by Crippen LogP contribution is -1.92. The smallest absolute Gasteiger partial charge is 0.0622 e. The molecule has 0 heteroatoms. The van der Waals surface area contributed by atoms with Crippen molar-refractivity contribution in [3.63, 3.8) is 0 Å². The van der Waals surface area contributed by atoms with Gasteiger partial charge in [0.2, 0.25) is 0 Å². The van der Waals surface area contributed by atoms with Crippen LogP contribution in [0.2, 0.25) is 0 Å². The number of rotatable bonds is 9. The highest BCUT2D eigenvalue weighted by Gasteiger charge is 2.24. The number of benzene rings is 27. The fourth-order valence-corrected chi connectivity index (χ4v) is 15.6. The van der Waals surface area contributed by atoms with Gasteiger partial charge in [-0.25, -0.2) is 0 Å². The van der Waals surface area contributed by atoms with Crippen LogP contribution in [0.5, 0.6) is 0 Å². The first kappa shape index (κ1) is 30.0. The molecule has 0 saturated carbocycles. The Kier molecular flexibility index (Phi) is 7.40. The third kappa shape index (κ3) is 13.5. The average molecular weight is 1750 g/mol. The largest absolute Gasteiger partial charge is 0.0636 e. The van der Waals surface area contributed by atoms with Gasteiger partial charge >= 0.3 is 0 Å². The van der Waals surface area contributed by atoms with Crippen LogP contribution in [-0.4, -0.2) is 0 Å². The molecule has 0 fully saturated rings. The van der Waals surface area contributed by atoms with Crippen molar-refractivity contribution < 1.29 is 115 Å². The van der Waals surface area contributed by atoms with Crippen LogP contribution in [0.15, 0.2) is 508 Å². The molecule has 0 radical (unpaired) electrons. The van der Waals surface area contributed by atoms with Crippen LogP contribution in [-0.2, 0) is 0 Å². The zero-order valence-electron chi connectivity index (χ0n) is 150. The minimum atomic E-state index is -1.11. The summed E-state index contributed by atoms with van der Waals surface area (Å²) < 4.78 is 756. The molecule has 0 aromatic heterocycles. The quantitative estimate of drug-likeness (QED) is 0.0998. The highest BCUT2D eigenvalue weighted by atomic mass is 14.3. The lowest BCUT2D eigenvalue weighted by atomic mass is 9.84. The van der Waals surface area contributed by atoms with Gasteiger partial charge in [0.15, 0.2) is 0 Å². The summed E-state index contributed by atoms with van der Waals surface area (Å²) in [4.78, 5) is 0. The second-order valence-electron chi connectivity index (χ2n) is 28.5. The minimum Gasteiger partial charge on any atom is -0.0622 e. The maximum atomic E-state index is 10.1. The predicted octanol–water partition coefficient (Wildman–Crippen LogP) is 37.4. The lowest BCUT2D eigenvalue weighted by molar-refractivity contribution is 1.65. The van der Waals surface area contributed by atoms with Gasteiger partial charge in [0.1, 0.15) is 0 Å². The van der Waals surface area contributed by atoms with Crippen molar-refractivity contribution in [3.05, 3.63) is 508 Å². The van der Waals surface area contributed by atoms with E-state index in [2.05, 4.69) is 0 Å². The summed E-state index contributed by atoms with van der Waals surface area (Å²) in [5.41, 5.74) is -15.1. The Morgan fingerprint density at radius 3 is 0.652 bits per heavy atom. The van der Waals surface area contributed by atoms with E-state index in [9.17, 15) is 37.0 Å². The molecule has 27 aromatic carbocycles. The predicted molar refractivity (Wildman–Crippen MR) is 571 cm³/mol. The fourth-order valence-electron chi connectivity index (χ4n) is 15.6. The average Bonchev–Trinajstić information content (AvgIpc) is 0.680.